The maximum Gasteiger partial charge on any atom is 0.330 e. The molecule has 1 atom stereocenters. The standard InChI is InChI=1S/C54H65NO14S/c1-4-47(56)64-34-12-8-6-10-32-62-41-22-26-43(27-23-41)66-51(58)37-14-18-39(19-15-37)53(60)68-45-30-31-46(50-49(45)55-36(3)70-50)69-54(61)40-20-16-38(17-21-40)52(59)67-44-28-24-42(25-29-44)63-33-11-7-9-13-35-65-48(57)5-2/h4-5,22-31,37-40,47,56H,1-2,6-21,32-35H2,3H3. The van der Waals surface area contributed by atoms with E-state index in [-0.39, 0.29) is 29.5 Å². The smallest absolute Gasteiger partial charge is 0.330 e. The number of ether oxygens (including phenoxy) is 8. The van der Waals surface area contributed by atoms with Crippen molar-refractivity contribution in [2.75, 3.05) is 26.4 Å². The van der Waals surface area contributed by atoms with Gasteiger partial charge in [-0.15, -0.1) is 11.3 Å². The number of thiazole rings is 1. The third kappa shape index (κ3) is 16.8. The van der Waals surface area contributed by atoms with E-state index in [4.69, 9.17) is 37.9 Å². The number of carbonyl (C=O) groups is 5. The summed E-state index contributed by atoms with van der Waals surface area (Å²) < 4.78 is 45.6. The van der Waals surface area contributed by atoms with Crippen LogP contribution in [0.25, 0.3) is 10.2 Å². The van der Waals surface area contributed by atoms with Crippen molar-refractivity contribution >= 4 is 51.4 Å². The van der Waals surface area contributed by atoms with Crippen molar-refractivity contribution in [3.05, 3.63) is 91.0 Å². The molecule has 1 unspecified atom stereocenters. The highest BCUT2D eigenvalue weighted by atomic mass is 32.1. The number of fused-ring (bicyclic) bond motifs is 1. The summed E-state index contributed by atoms with van der Waals surface area (Å²) in [5.41, 5.74) is 0.432. The minimum atomic E-state index is -0.920. The van der Waals surface area contributed by atoms with Gasteiger partial charge >= 0.3 is 29.8 Å². The lowest BCUT2D eigenvalue weighted by Gasteiger charge is -2.26. The van der Waals surface area contributed by atoms with Crippen LogP contribution in [0.4, 0.5) is 0 Å². The third-order valence-corrected chi connectivity index (χ3v) is 13.4. The highest BCUT2D eigenvalue weighted by Crippen LogP contribution is 2.40. The second kappa shape index (κ2) is 27.9. The van der Waals surface area contributed by atoms with Gasteiger partial charge in [-0.3, -0.25) is 19.2 Å². The Morgan fingerprint density at radius 3 is 1.43 bits per heavy atom. The van der Waals surface area contributed by atoms with Crippen molar-refractivity contribution in [2.24, 2.45) is 23.7 Å². The molecule has 0 saturated heterocycles. The van der Waals surface area contributed by atoms with Crippen LogP contribution in [0.15, 0.2) is 86.0 Å². The van der Waals surface area contributed by atoms with Crippen LogP contribution in [0, 0.1) is 30.6 Å². The molecular weight excluding hydrogens is 919 g/mol. The maximum absolute atomic E-state index is 13.4. The molecule has 0 radical (unpaired) electrons. The van der Waals surface area contributed by atoms with Crippen LogP contribution >= 0.6 is 11.3 Å². The van der Waals surface area contributed by atoms with Crippen LogP contribution in [0.2, 0.25) is 0 Å². The molecule has 16 heteroatoms. The van der Waals surface area contributed by atoms with Crippen LogP contribution in [0.3, 0.4) is 0 Å². The molecule has 1 heterocycles. The lowest BCUT2D eigenvalue weighted by molar-refractivity contribution is -0.145. The molecule has 0 spiro atoms. The van der Waals surface area contributed by atoms with Gasteiger partial charge in [0.25, 0.3) is 0 Å². The Labute approximate surface area is 413 Å². The summed E-state index contributed by atoms with van der Waals surface area (Å²) in [5.74, 6) is -0.541. The summed E-state index contributed by atoms with van der Waals surface area (Å²) >= 11 is 1.34. The predicted molar refractivity (Wildman–Crippen MR) is 262 cm³/mol. The van der Waals surface area contributed by atoms with E-state index in [0.29, 0.717) is 122 Å². The summed E-state index contributed by atoms with van der Waals surface area (Å²) in [5, 5.41) is 10.0. The van der Waals surface area contributed by atoms with Crippen LogP contribution in [0.5, 0.6) is 34.5 Å². The number of carbonyl (C=O) groups excluding carboxylic acids is 5. The number of aromatic nitrogens is 1. The summed E-state index contributed by atoms with van der Waals surface area (Å²) in [6.07, 6.45) is 12.6. The van der Waals surface area contributed by atoms with Crippen molar-refractivity contribution in [3.8, 4) is 34.5 Å². The topological polar surface area (TPSA) is 192 Å². The molecule has 0 amide bonds. The molecule has 3 aromatic carbocycles. The zero-order valence-corrected chi connectivity index (χ0v) is 40.8. The fraction of sp³-hybridized carbons (Fsp3) is 0.481. The van der Waals surface area contributed by atoms with E-state index in [1.807, 2.05) is 6.92 Å². The number of hydrogen-bond donors (Lipinski definition) is 1. The maximum atomic E-state index is 13.4. The van der Waals surface area contributed by atoms with Crippen LogP contribution in [-0.4, -0.2) is 72.7 Å². The summed E-state index contributed by atoms with van der Waals surface area (Å²) in [6, 6.07) is 17.1. The first kappa shape index (κ1) is 53.3. The highest BCUT2D eigenvalue weighted by molar-refractivity contribution is 7.19. The number of aliphatic hydroxyl groups is 1. The van der Waals surface area contributed by atoms with Gasteiger partial charge in [-0.05, 0) is 170 Å². The van der Waals surface area contributed by atoms with Crippen molar-refractivity contribution in [1.82, 2.24) is 4.98 Å². The fourth-order valence-electron chi connectivity index (χ4n) is 8.35. The summed E-state index contributed by atoms with van der Waals surface area (Å²) in [7, 11) is 0. The fourth-order valence-corrected chi connectivity index (χ4v) is 9.23. The Balaban J connectivity index is 0.873. The molecule has 15 nitrogen and oxygen atoms in total. The predicted octanol–water partition coefficient (Wildman–Crippen LogP) is 10.4. The average molecular weight is 984 g/mol. The second-order valence-electron chi connectivity index (χ2n) is 17.6. The normalized spacial score (nSPS) is 18.2. The lowest BCUT2D eigenvalue weighted by Crippen LogP contribution is -2.30. The molecule has 376 valence electrons. The molecule has 4 aromatic rings. The number of rotatable bonds is 27. The zero-order chi connectivity index (χ0) is 49.7. The zero-order valence-electron chi connectivity index (χ0n) is 40.0. The number of aliphatic hydroxyl groups excluding tert-OH is 1. The Bertz CT molecular complexity index is 2350. The second-order valence-corrected chi connectivity index (χ2v) is 18.8. The summed E-state index contributed by atoms with van der Waals surface area (Å²) in [6.45, 7) is 10.6. The first-order valence-electron chi connectivity index (χ1n) is 24.4. The van der Waals surface area contributed by atoms with Crippen molar-refractivity contribution in [2.45, 2.75) is 116 Å². The molecule has 70 heavy (non-hydrogen) atoms. The van der Waals surface area contributed by atoms with E-state index in [0.717, 1.165) is 57.4 Å². The molecule has 2 aliphatic rings. The number of benzene rings is 3. The highest BCUT2D eigenvalue weighted by Gasteiger charge is 2.34. The SMILES string of the molecule is C=CC(=O)OCCCCCCOc1ccc(OC(=O)C2CCC(C(=O)Oc3ccc(OC(=O)C4CCC(C(=O)Oc5ccc(OCCCCCCOC(O)C=C)cc5)CC4)c4nc(C)sc34)CC2)cc1. The van der Waals surface area contributed by atoms with Crippen molar-refractivity contribution < 1.29 is 67.0 Å². The number of unbranched alkanes of at least 4 members (excludes halogenated alkanes) is 6. The van der Waals surface area contributed by atoms with Crippen molar-refractivity contribution in [3.63, 3.8) is 0 Å². The van der Waals surface area contributed by atoms with E-state index >= 15 is 0 Å². The van der Waals surface area contributed by atoms with Gasteiger partial charge in [-0.2, -0.15) is 0 Å². The van der Waals surface area contributed by atoms with E-state index in [9.17, 15) is 29.1 Å². The Kier molecular flexibility index (Phi) is 21.2. The molecule has 1 N–H and O–H groups in total. The van der Waals surface area contributed by atoms with Gasteiger partial charge in [0.1, 0.15) is 33.2 Å². The van der Waals surface area contributed by atoms with E-state index in [1.54, 1.807) is 60.7 Å². The molecule has 0 aliphatic heterocycles. The Morgan fingerprint density at radius 2 is 0.971 bits per heavy atom. The Morgan fingerprint density at radius 1 is 0.571 bits per heavy atom. The van der Waals surface area contributed by atoms with Crippen LogP contribution < -0.4 is 28.4 Å². The molecule has 1 aromatic heterocycles. The largest absolute Gasteiger partial charge is 0.494 e. The van der Waals surface area contributed by atoms with Gasteiger partial charge in [-0.1, -0.05) is 19.6 Å². The third-order valence-electron chi connectivity index (χ3n) is 12.4. The minimum absolute atomic E-state index is 0.278. The summed E-state index contributed by atoms with van der Waals surface area (Å²) in [4.78, 5) is 68.7. The number of aryl methyl sites for hydroxylation is 1. The van der Waals surface area contributed by atoms with Gasteiger partial charge in [0, 0.05) is 6.08 Å². The minimum Gasteiger partial charge on any atom is -0.494 e. The van der Waals surface area contributed by atoms with E-state index in [2.05, 4.69) is 18.1 Å². The first-order valence-corrected chi connectivity index (χ1v) is 25.2. The van der Waals surface area contributed by atoms with Gasteiger partial charge in [0.2, 0.25) is 0 Å². The lowest BCUT2D eigenvalue weighted by atomic mass is 9.82. The Hall–Kier alpha value is -6.10. The van der Waals surface area contributed by atoms with Crippen LogP contribution in [-0.2, 0) is 33.4 Å². The average Bonchev–Trinajstić information content (AvgIpc) is 3.79. The van der Waals surface area contributed by atoms with Gasteiger partial charge in [-0.25, -0.2) is 9.78 Å². The molecular formula is C54H65NO14S. The van der Waals surface area contributed by atoms with Crippen molar-refractivity contribution in [1.29, 1.82) is 0 Å². The molecule has 2 fully saturated rings. The van der Waals surface area contributed by atoms with E-state index in [1.165, 1.54) is 17.4 Å². The molecule has 2 aliphatic carbocycles. The monoisotopic (exact) mass is 983 g/mol. The van der Waals surface area contributed by atoms with Gasteiger partial charge in [0.05, 0.1) is 55.1 Å². The van der Waals surface area contributed by atoms with Gasteiger partial charge < -0.3 is 43.0 Å². The van der Waals surface area contributed by atoms with Gasteiger partial charge in [0.15, 0.2) is 17.8 Å². The quantitative estimate of drug-likeness (QED) is 0.0148. The number of esters is 5. The van der Waals surface area contributed by atoms with E-state index < -0.39 is 36.0 Å². The first-order chi connectivity index (χ1) is 34.0. The molecule has 0 bridgehead atoms. The van der Waals surface area contributed by atoms with Crippen LogP contribution in [0.1, 0.15) is 108 Å². The number of hydrogen-bond acceptors (Lipinski definition) is 16. The number of nitrogens with zero attached hydrogens (tertiary/aromatic N) is 1. The molecule has 2 saturated carbocycles. The molecule has 6 rings (SSSR count).